The minimum atomic E-state index is -0.782. The SMILES string of the molecule is CCC(=O)N[C@@H](C(=O)N1CC[NH+](C)CC1)[C@@H](C)c1ccc(NC(=O)[C@@H]([NH3+])C2CCCCCC2)c(F)c1. The van der Waals surface area contributed by atoms with E-state index in [1.54, 1.807) is 24.0 Å². The predicted octanol–water partition coefficient (Wildman–Crippen LogP) is 0.700. The van der Waals surface area contributed by atoms with Crippen molar-refractivity contribution in [2.24, 2.45) is 5.92 Å². The van der Waals surface area contributed by atoms with Crippen LogP contribution in [0.4, 0.5) is 10.1 Å². The molecule has 200 valence electrons. The van der Waals surface area contributed by atoms with Crippen LogP contribution in [0.5, 0.6) is 0 Å². The van der Waals surface area contributed by atoms with Gasteiger partial charge in [-0.3, -0.25) is 14.4 Å². The van der Waals surface area contributed by atoms with E-state index in [-0.39, 0.29) is 35.7 Å². The molecule has 6 N–H and O–H groups in total. The van der Waals surface area contributed by atoms with Gasteiger partial charge in [0.25, 0.3) is 5.91 Å². The average molecular weight is 506 g/mol. The molecule has 9 heteroatoms. The van der Waals surface area contributed by atoms with Crippen LogP contribution in [0.2, 0.25) is 0 Å². The number of nitrogens with zero attached hydrogens (tertiary/aromatic N) is 1. The zero-order valence-corrected chi connectivity index (χ0v) is 22.1. The second-order valence-electron chi connectivity index (χ2n) is 10.6. The topological polar surface area (TPSA) is 111 Å². The number of hydrogen-bond donors (Lipinski definition) is 4. The van der Waals surface area contributed by atoms with Gasteiger partial charge in [-0.05, 0) is 30.5 Å². The van der Waals surface area contributed by atoms with E-state index in [1.807, 2.05) is 6.92 Å². The lowest BCUT2D eigenvalue weighted by molar-refractivity contribution is -0.883. The van der Waals surface area contributed by atoms with Gasteiger partial charge in [-0.15, -0.1) is 0 Å². The van der Waals surface area contributed by atoms with E-state index in [1.165, 1.54) is 23.8 Å². The molecule has 2 fully saturated rings. The monoisotopic (exact) mass is 505 g/mol. The Morgan fingerprint density at radius 1 is 1.14 bits per heavy atom. The van der Waals surface area contributed by atoms with E-state index in [9.17, 15) is 14.4 Å². The Balaban J connectivity index is 1.71. The number of nitrogens with one attached hydrogen (secondary N) is 3. The molecule has 3 rings (SSSR count). The molecule has 3 atom stereocenters. The maximum Gasteiger partial charge on any atom is 0.282 e. The van der Waals surface area contributed by atoms with Crippen LogP contribution in [0.3, 0.4) is 0 Å². The third kappa shape index (κ3) is 7.26. The number of likely N-dealkylation sites (N-methyl/N-ethyl adjacent to an activating group) is 1. The smallest absolute Gasteiger partial charge is 0.282 e. The summed E-state index contributed by atoms with van der Waals surface area (Å²) in [5.41, 5.74) is 4.79. The highest BCUT2D eigenvalue weighted by molar-refractivity contribution is 5.94. The highest BCUT2D eigenvalue weighted by atomic mass is 19.1. The van der Waals surface area contributed by atoms with Gasteiger partial charge in [0.2, 0.25) is 11.8 Å². The first-order valence-electron chi connectivity index (χ1n) is 13.5. The molecule has 1 aliphatic carbocycles. The lowest BCUT2D eigenvalue weighted by atomic mass is 9.91. The molecule has 1 aromatic rings. The summed E-state index contributed by atoms with van der Waals surface area (Å²) < 4.78 is 15.1. The number of anilines is 1. The molecule has 1 saturated heterocycles. The highest BCUT2D eigenvalue weighted by Crippen LogP contribution is 2.27. The van der Waals surface area contributed by atoms with E-state index in [4.69, 9.17) is 0 Å². The van der Waals surface area contributed by atoms with Crippen LogP contribution in [0.1, 0.15) is 70.3 Å². The van der Waals surface area contributed by atoms with Gasteiger partial charge in [0.15, 0.2) is 6.04 Å². The van der Waals surface area contributed by atoms with Crippen LogP contribution >= 0.6 is 0 Å². The number of piperazine rings is 1. The molecule has 1 saturated carbocycles. The van der Waals surface area contributed by atoms with Crippen molar-refractivity contribution in [2.75, 3.05) is 38.5 Å². The first-order valence-corrected chi connectivity index (χ1v) is 13.5. The second kappa shape index (κ2) is 13.1. The molecule has 3 amide bonds. The first-order chi connectivity index (χ1) is 17.2. The molecular formula is C27H44FN5O3+2. The Labute approximate surface area is 214 Å². The number of rotatable bonds is 8. The third-order valence-corrected chi connectivity index (χ3v) is 7.91. The Kier molecular flexibility index (Phi) is 10.2. The van der Waals surface area contributed by atoms with Crippen LogP contribution in [0.25, 0.3) is 0 Å². The van der Waals surface area contributed by atoms with E-state index < -0.39 is 23.8 Å². The van der Waals surface area contributed by atoms with Crippen LogP contribution in [0, 0.1) is 11.7 Å². The maximum atomic E-state index is 15.1. The fraction of sp³-hybridized carbons (Fsp3) is 0.667. The number of hydrogen-bond acceptors (Lipinski definition) is 3. The predicted molar refractivity (Wildman–Crippen MR) is 137 cm³/mol. The quantitative estimate of drug-likeness (QED) is 0.391. The Hall–Kier alpha value is -2.52. The molecule has 0 unspecified atom stereocenters. The van der Waals surface area contributed by atoms with Gasteiger partial charge in [-0.1, -0.05) is 45.6 Å². The van der Waals surface area contributed by atoms with Gasteiger partial charge in [-0.25, -0.2) is 4.39 Å². The number of quaternary nitrogens is 2. The minimum Gasteiger partial charge on any atom is -0.347 e. The van der Waals surface area contributed by atoms with Crippen LogP contribution in [-0.2, 0) is 14.4 Å². The zero-order chi connectivity index (χ0) is 26.2. The van der Waals surface area contributed by atoms with Crippen molar-refractivity contribution in [1.82, 2.24) is 10.2 Å². The minimum absolute atomic E-state index is 0.112. The molecule has 2 aliphatic rings. The van der Waals surface area contributed by atoms with Crippen molar-refractivity contribution < 1.29 is 29.4 Å². The highest BCUT2D eigenvalue weighted by Gasteiger charge is 2.34. The molecule has 1 heterocycles. The number of carbonyl (C=O) groups is 3. The largest absolute Gasteiger partial charge is 0.347 e. The van der Waals surface area contributed by atoms with E-state index >= 15 is 4.39 Å². The Morgan fingerprint density at radius 3 is 2.36 bits per heavy atom. The Morgan fingerprint density at radius 2 is 1.78 bits per heavy atom. The molecule has 1 aliphatic heterocycles. The van der Waals surface area contributed by atoms with Crippen molar-refractivity contribution in [3.05, 3.63) is 29.6 Å². The van der Waals surface area contributed by atoms with Gasteiger partial charge in [0.05, 0.1) is 38.9 Å². The van der Waals surface area contributed by atoms with Crippen LogP contribution in [-0.4, -0.2) is 67.9 Å². The summed E-state index contributed by atoms with van der Waals surface area (Å²) in [7, 11) is 2.09. The molecule has 36 heavy (non-hydrogen) atoms. The number of carbonyl (C=O) groups excluding carboxylic acids is 3. The fourth-order valence-electron chi connectivity index (χ4n) is 5.24. The van der Waals surface area contributed by atoms with Crippen molar-refractivity contribution >= 4 is 23.4 Å². The second-order valence-corrected chi connectivity index (χ2v) is 10.6. The normalized spacial score (nSPS) is 20.2. The summed E-state index contributed by atoms with van der Waals surface area (Å²) in [5.74, 6) is -1.40. The van der Waals surface area contributed by atoms with Crippen molar-refractivity contribution in [2.45, 2.75) is 76.8 Å². The molecule has 8 nitrogen and oxygen atoms in total. The zero-order valence-electron chi connectivity index (χ0n) is 22.1. The van der Waals surface area contributed by atoms with Crippen molar-refractivity contribution in [3.63, 3.8) is 0 Å². The van der Waals surface area contributed by atoms with Gasteiger partial charge >= 0.3 is 0 Å². The maximum absolute atomic E-state index is 15.1. The lowest BCUT2D eigenvalue weighted by Gasteiger charge is -2.34. The van der Waals surface area contributed by atoms with Gasteiger partial charge in [0.1, 0.15) is 11.9 Å². The van der Waals surface area contributed by atoms with Crippen LogP contribution in [0.15, 0.2) is 18.2 Å². The third-order valence-electron chi connectivity index (χ3n) is 7.91. The van der Waals surface area contributed by atoms with Crippen molar-refractivity contribution in [3.8, 4) is 0 Å². The molecule has 0 aromatic heterocycles. The fourth-order valence-corrected chi connectivity index (χ4v) is 5.24. The van der Waals surface area contributed by atoms with Crippen LogP contribution < -0.4 is 21.3 Å². The van der Waals surface area contributed by atoms with E-state index in [0.29, 0.717) is 18.7 Å². The van der Waals surface area contributed by atoms with E-state index in [0.717, 1.165) is 38.8 Å². The van der Waals surface area contributed by atoms with Gasteiger partial charge in [0, 0.05) is 18.3 Å². The number of benzene rings is 1. The summed E-state index contributed by atoms with van der Waals surface area (Å²) in [5, 5.41) is 5.58. The first kappa shape index (κ1) is 28.1. The number of halogens is 1. The molecular weight excluding hydrogens is 461 g/mol. The molecule has 0 radical (unpaired) electrons. The standard InChI is InChI=1S/C27H42FN5O3/c1-4-23(34)31-25(27(36)33-15-13-32(3)14-16-33)18(2)20-11-12-22(21(28)17-20)30-26(35)24(29)19-9-7-5-6-8-10-19/h11-12,17-19,24-25H,4-10,13-16,29H2,1-3H3,(H,30,35)(H,31,34)/p+2/t18-,24-,25+/m0/s1. The molecule has 0 bridgehead atoms. The summed E-state index contributed by atoms with van der Waals surface area (Å²) in [6.45, 7) is 6.52. The van der Waals surface area contributed by atoms with Gasteiger partial charge in [-0.2, -0.15) is 0 Å². The Bertz CT molecular complexity index is 911. The molecule has 0 spiro atoms. The molecule has 1 aromatic carbocycles. The van der Waals surface area contributed by atoms with Crippen molar-refractivity contribution in [1.29, 1.82) is 0 Å². The summed E-state index contributed by atoms with van der Waals surface area (Å²) >= 11 is 0. The van der Waals surface area contributed by atoms with E-state index in [2.05, 4.69) is 23.4 Å². The van der Waals surface area contributed by atoms with Gasteiger partial charge < -0.3 is 26.2 Å². The number of amides is 3. The average Bonchev–Trinajstić information content (AvgIpc) is 3.17. The summed E-state index contributed by atoms with van der Waals surface area (Å²) in [6, 6.07) is 3.42. The lowest BCUT2D eigenvalue weighted by Crippen LogP contribution is -3.12. The summed E-state index contributed by atoms with van der Waals surface area (Å²) in [4.78, 5) is 41.6. The summed E-state index contributed by atoms with van der Waals surface area (Å²) in [6.07, 6.45) is 6.82.